The zero-order valence-electron chi connectivity index (χ0n) is 17.5. The van der Waals surface area contributed by atoms with Crippen LogP contribution >= 0.6 is 0 Å². The number of ether oxygens (including phenoxy) is 5. The Labute approximate surface area is 179 Å². The first-order valence-corrected chi connectivity index (χ1v) is 9.71. The highest BCUT2D eigenvalue weighted by molar-refractivity contribution is 5.91. The Morgan fingerprint density at radius 1 is 1.00 bits per heavy atom. The SMILES string of the molecule is COc1ccc(OC)c(C(C)NC(=O)c2ccc(COc3ccc4c(c3)OCO4)o2)c1. The smallest absolute Gasteiger partial charge is 0.287 e. The second-order valence-electron chi connectivity index (χ2n) is 6.87. The lowest BCUT2D eigenvalue weighted by atomic mass is 10.1. The summed E-state index contributed by atoms with van der Waals surface area (Å²) in [6, 6.07) is 13.8. The van der Waals surface area contributed by atoms with Gasteiger partial charge in [-0.2, -0.15) is 0 Å². The summed E-state index contributed by atoms with van der Waals surface area (Å²) in [5.74, 6) is 3.65. The van der Waals surface area contributed by atoms with E-state index in [2.05, 4.69) is 5.32 Å². The minimum absolute atomic E-state index is 0.173. The highest BCUT2D eigenvalue weighted by Crippen LogP contribution is 2.35. The van der Waals surface area contributed by atoms with Gasteiger partial charge in [-0.15, -0.1) is 0 Å². The van der Waals surface area contributed by atoms with Crippen LogP contribution in [0.1, 0.15) is 34.8 Å². The van der Waals surface area contributed by atoms with Crippen molar-refractivity contribution in [2.45, 2.75) is 19.6 Å². The summed E-state index contributed by atoms with van der Waals surface area (Å²) in [4.78, 5) is 12.6. The number of fused-ring (bicyclic) bond motifs is 1. The second kappa shape index (κ2) is 8.91. The number of hydrogen-bond donors (Lipinski definition) is 1. The van der Waals surface area contributed by atoms with Crippen LogP contribution in [0.5, 0.6) is 28.7 Å². The molecular weight excluding hydrogens is 402 g/mol. The molecule has 1 unspecified atom stereocenters. The molecule has 8 heteroatoms. The molecule has 2 heterocycles. The Kier molecular flexibility index (Phi) is 5.88. The first-order valence-electron chi connectivity index (χ1n) is 9.71. The van der Waals surface area contributed by atoms with Crippen molar-refractivity contribution < 1.29 is 32.9 Å². The van der Waals surface area contributed by atoms with Gasteiger partial charge in [0.1, 0.15) is 29.6 Å². The van der Waals surface area contributed by atoms with E-state index in [1.165, 1.54) is 0 Å². The van der Waals surface area contributed by atoms with E-state index in [9.17, 15) is 4.79 Å². The fourth-order valence-electron chi connectivity index (χ4n) is 3.22. The molecular formula is C23H23NO7. The van der Waals surface area contributed by atoms with Crippen LogP contribution in [0.25, 0.3) is 0 Å². The van der Waals surface area contributed by atoms with Crippen LogP contribution in [0.3, 0.4) is 0 Å². The number of furan rings is 1. The minimum atomic E-state index is -0.341. The normalized spacial score (nSPS) is 12.9. The zero-order valence-corrected chi connectivity index (χ0v) is 17.5. The summed E-state index contributed by atoms with van der Waals surface area (Å²) in [5.41, 5.74) is 0.799. The van der Waals surface area contributed by atoms with Crippen molar-refractivity contribution in [3.63, 3.8) is 0 Å². The molecule has 2 aromatic carbocycles. The Balaban J connectivity index is 1.38. The van der Waals surface area contributed by atoms with Crippen molar-refractivity contribution in [1.29, 1.82) is 0 Å². The van der Waals surface area contributed by atoms with Crippen LogP contribution in [-0.4, -0.2) is 26.9 Å². The van der Waals surface area contributed by atoms with E-state index >= 15 is 0 Å². The number of amides is 1. The Bertz CT molecular complexity index is 1080. The second-order valence-corrected chi connectivity index (χ2v) is 6.87. The van der Waals surface area contributed by atoms with Crippen molar-refractivity contribution in [3.8, 4) is 28.7 Å². The van der Waals surface area contributed by atoms with Gasteiger partial charge in [-0.1, -0.05) is 0 Å². The molecule has 4 rings (SSSR count). The molecule has 162 valence electrons. The van der Waals surface area contributed by atoms with Crippen LogP contribution in [0.4, 0.5) is 0 Å². The summed E-state index contributed by atoms with van der Waals surface area (Å²) >= 11 is 0. The molecule has 8 nitrogen and oxygen atoms in total. The van der Waals surface area contributed by atoms with Gasteiger partial charge in [-0.3, -0.25) is 4.79 Å². The van der Waals surface area contributed by atoms with Crippen molar-refractivity contribution in [1.82, 2.24) is 5.32 Å². The fourth-order valence-corrected chi connectivity index (χ4v) is 3.22. The highest BCUT2D eigenvalue weighted by atomic mass is 16.7. The van der Waals surface area contributed by atoms with Gasteiger partial charge in [0.05, 0.1) is 20.3 Å². The van der Waals surface area contributed by atoms with Crippen LogP contribution < -0.4 is 29.0 Å². The van der Waals surface area contributed by atoms with E-state index in [0.29, 0.717) is 34.5 Å². The van der Waals surface area contributed by atoms with Gasteiger partial charge in [0.15, 0.2) is 17.3 Å². The van der Waals surface area contributed by atoms with E-state index < -0.39 is 0 Å². The van der Waals surface area contributed by atoms with Crippen LogP contribution in [-0.2, 0) is 6.61 Å². The summed E-state index contributed by atoms with van der Waals surface area (Å²) < 4.78 is 32.7. The highest BCUT2D eigenvalue weighted by Gasteiger charge is 2.19. The molecule has 1 amide bonds. The molecule has 3 aromatic rings. The molecule has 0 saturated heterocycles. The number of benzene rings is 2. The van der Waals surface area contributed by atoms with Gasteiger partial charge in [-0.25, -0.2) is 0 Å². The minimum Gasteiger partial charge on any atom is -0.497 e. The summed E-state index contributed by atoms with van der Waals surface area (Å²) in [6.07, 6.45) is 0. The number of carbonyl (C=O) groups excluding carboxylic acids is 1. The topological polar surface area (TPSA) is 88.4 Å². The van der Waals surface area contributed by atoms with Gasteiger partial charge in [0.25, 0.3) is 5.91 Å². The Morgan fingerprint density at radius 2 is 1.81 bits per heavy atom. The van der Waals surface area contributed by atoms with E-state index in [1.807, 2.05) is 13.0 Å². The molecule has 0 aliphatic carbocycles. The number of methoxy groups -OCH3 is 2. The summed E-state index contributed by atoms with van der Waals surface area (Å²) in [7, 11) is 3.17. The molecule has 1 atom stereocenters. The Morgan fingerprint density at radius 3 is 2.61 bits per heavy atom. The number of rotatable bonds is 8. The zero-order chi connectivity index (χ0) is 21.8. The average molecular weight is 425 g/mol. The van der Waals surface area contributed by atoms with E-state index in [1.54, 1.807) is 56.7 Å². The molecule has 1 N–H and O–H groups in total. The maximum atomic E-state index is 12.6. The van der Waals surface area contributed by atoms with Crippen LogP contribution in [0, 0.1) is 0 Å². The van der Waals surface area contributed by atoms with Crippen LogP contribution in [0.15, 0.2) is 52.9 Å². The fraction of sp³-hybridized carbons (Fsp3) is 0.261. The third kappa shape index (κ3) is 4.53. The lowest BCUT2D eigenvalue weighted by Crippen LogP contribution is -2.26. The molecule has 0 fully saturated rings. The van der Waals surface area contributed by atoms with Gasteiger partial charge in [0.2, 0.25) is 6.79 Å². The third-order valence-electron chi connectivity index (χ3n) is 4.86. The number of nitrogens with one attached hydrogen (secondary N) is 1. The maximum absolute atomic E-state index is 12.6. The van der Waals surface area contributed by atoms with E-state index in [4.69, 9.17) is 28.1 Å². The lowest BCUT2D eigenvalue weighted by Gasteiger charge is -2.17. The molecule has 0 saturated carbocycles. The summed E-state index contributed by atoms with van der Waals surface area (Å²) in [5, 5.41) is 2.91. The standard InChI is InChI=1S/C23H23NO7/c1-14(18-10-15(26-2)4-7-19(18)27-3)24-23(25)21-9-6-17(31-21)12-28-16-5-8-20-22(11-16)30-13-29-20/h4-11,14H,12-13H2,1-3H3,(H,24,25). The quantitative estimate of drug-likeness (QED) is 0.581. The molecule has 1 aliphatic heterocycles. The van der Waals surface area contributed by atoms with Crippen molar-refractivity contribution in [2.75, 3.05) is 21.0 Å². The first-order chi connectivity index (χ1) is 15.1. The summed E-state index contributed by atoms with van der Waals surface area (Å²) in [6.45, 7) is 2.24. The van der Waals surface area contributed by atoms with E-state index in [0.717, 1.165) is 5.56 Å². The first kappa shape index (κ1) is 20.5. The lowest BCUT2D eigenvalue weighted by molar-refractivity contribution is 0.0907. The predicted molar refractivity (Wildman–Crippen MR) is 111 cm³/mol. The molecule has 0 radical (unpaired) electrons. The van der Waals surface area contributed by atoms with Gasteiger partial charge in [0, 0.05) is 11.6 Å². The number of carbonyl (C=O) groups is 1. The maximum Gasteiger partial charge on any atom is 0.287 e. The van der Waals surface area contributed by atoms with Crippen molar-refractivity contribution in [2.24, 2.45) is 0 Å². The largest absolute Gasteiger partial charge is 0.497 e. The third-order valence-corrected chi connectivity index (χ3v) is 4.86. The van der Waals surface area contributed by atoms with Crippen molar-refractivity contribution in [3.05, 3.63) is 65.6 Å². The molecule has 1 aliphatic rings. The average Bonchev–Trinajstić information content (AvgIpc) is 3.46. The van der Waals surface area contributed by atoms with E-state index in [-0.39, 0.29) is 31.1 Å². The molecule has 1 aromatic heterocycles. The van der Waals surface area contributed by atoms with Crippen molar-refractivity contribution >= 4 is 5.91 Å². The van der Waals surface area contributed by atoms with Gasteiger partial charge >= 0.3 is 0 Å². The van der Waals surface area contributed by atoms with Gasteiger partial charge in [-0.05, 0) is 49.4 Å². The van der Waals surface area contributed by atoms with Gasteiger partial charge < -0.3 is 33.4 Å². The molecule has 0 bridgehead atoms. The molecule has 31 heavy (non-hydrogen) atoms. The van der Waals surface area contributed by atoms with Crippen LogP contribution in [0.2, 0.25) is 0 Å². The Hall–Kier alpha value is -3.81. The molecule has 0 spiro atoms. The predicted octanol–water partition coefficient (Wildman–Crippen LogP) is 4.10. The monoisotopic (exact) mass is 425 g/mol. The number of hydrogen-bond acceptors (Lipinski definition) is 7.